The molecule has 0 saturated carbocycles. The van der Waals surface area contributed by atoms with Crippen LogP contribution in [-0.4, -0.2) is 18.2 Å². The first-order chi connectivity index (χ1) is 5.64. The average molecular weight is 169 g/mol. The summed E-state index contributed by atoms with van der Waals surface area (Å²) >= 11 is 0. The van der Waals surface area contributed by atoms with Crippen LogP contribution in [0.5, 0.6) is 0 Å². The van der Waals surface area contributed by atoms with Crippen molar-refractivity contribution < 1.29 is 9.59 Å². The quantitative estimate of drug-likeness (QED) is 0.624. The topological polar surface area (TPSA) is 46.2 Å². The van der Waals surface area contributed by atoms with Gasteiger partial charge in [0, 0.05) is 12.0 Å². The fourth-order valence-electron chi connectivity index (χ4n) is 1.66. The maximum atomic E-state index is 11.5. The molecule has 0 bridgehead atoms. The van der Waals surface area contributed by atoms with E-state index in [0.29, 0.717) is 6.54 Å². The smallest absolute Gasteiger partial charge is 0.227 e. The molecule has 0 atom stereocenters. The number of ketones is 1. The van der Waals surface area contributed by atoms with Gasteiger partial charge in [0.2, 0.25) is 5.91 Å². The zero-order valence-corrected chi connectivity index (χ0v) is 7.64. The monoisotopic (exact) mass is 169 g/mol. The summed E-state index contributed by atoms with van der Waals surface area (Å²) < 4.78 is 0. The predicted molar refractivity (Wildman–Crippen MR) is 45.6 cm³/mol. The Labute approximate surface area is 72.5 Å². The molecule has 0 aromatic carbocycles. The van der Waals surface area contributed by atoms with Gasteiger partial charge in [0.15, 0.2) is 0 Å². The standard InChI is InChI=1S/C9H15NO2/c1-3-9(4-2)6-10-8(12)5-7(9)11/h3-6H2,1-2H3,(H,10,12). The first-order valence-corrected chi connectivity index (χ1v) is 4.44. The normalized spacial score (nSPS) is 22.2. The van der Waals surface area contributed by atoms with Crippen LogP contribution >= 0.6 is 0 Å². The molecule has 1 heterocycles. The molecule has 0 aromatic rings. The van der Waals surface area contributed by atoms with Crippen LogP contribution in [0.15, 0.2) is 0 Å². The van der Waals surface area contributed by atoms with Crippen LogP contribution in [0.3, 0.4) is 0 Å². The maximum Gasteiger partial charge on any atom is 0.227 e. The molecule has 12 heavy (non-hydrogen) atoms. The molecule has 0 aromatic heterocycles. The van der Waals surface area contributed by atoms with Crippen molar-refractivity contribution in [3.8, 4) is 0 Å². The molecule has 1 aliphatic heterocycles. The first-order valence-electron chi connectivity index (χ1n) is 4.44. The summed E-state index contributed by atoms with van der Waals surface area (Å²) in [5.41, 5.74) is -0.270. The van der Waals surface area contributed by atoms with Gasteiger partial charge in [-0.2, -0.15) is 0 Å². The van der Waals surface area contributed by atoms with Gasteiger partial charge in [-0.05, 0) is 12.8 Å². The number of carbonyl (C=O) groups excluding carboxylic acids is 2. The van der Waals surface area contributed by atoms with Crippen LogP contribution < -0.4 is 5.32 Å². The number of hydrogen-bond donors (Lipinski definition) is 1. The first kappa shape index (κ1) is 9.23. The van der Waals surface area contributed by atoms with Crippen molar-refractivity contribution in [1.82, 2.24) is 5.32 Å². The Bertz CT molecular complexity index is 207. The molecule has 1 fully saturated rings. The number of piperidine rings is 1. The summed E-state index contributed by atoms with van der Waals surface area (Å²) in [5, 5.41) is 2.75. The summed E-state index contributed by atoms with van der Waals surface area (Å²) in [5.74, 6) is -0.0197. The van der Waals surface area contributed by atoms with Crippen molar-refractivity contribution in [2.75, 3.05) is 6.54 Å². The van der Waals surface area contributed by atoms with Crippen LogP contribution in [0.25, 0.3) is 0 Å². The molecule has 0 aliphatic carbocycles. The second-order valence-electron chi connectivity index (χ2n) is 3.36. The van der Waals surface area contributed by atoms with E-state index < -0.39 is 0 Å². The molecule has 3 nitrogen and oxygen atoms in total. The van der Waals surface area contributed by atoms with Crippen LogP contribution in [-0.2, 0) is 9.59 Å². The SMILES string of the molecule is CCC1(CC)CNC(=O)CC1=O. The van der Waals surface area contributed by atoms with E-state index in [2.05, 4.69) is 5.32 Å². The summed E-state index contributed by atoms with van der Waals surface area (Å²) in [4.78, 5) is 22.4. The minimum absolute atomic E-state index is 0.0711. The van der Waals surface area contributed by atoms with Gasteiger partial charge >= 0.3 is 0 Å². The second-order valence-corrected chi connectivity index (χ2v) is 3.36. The van der Waals surface area contributed by atoms with E-state index in [4.69, 9.17) is 0 Å². The summed E-state index contributed by atoms with van der Waals surface area (Å²) in [6.07, 6.45) is 1.72. The summed E-state index contributed by atoms with van der Waals surface area (Å²) in [7, 11) is 0. The Balaban J connectivity index is 2.77. The average Bonchev–Trinajstić information content (AvgIpc) is 2.06. The van der Waals surface area contributed by atoms with Crippen molar-refractivity contribution in [2.45, 2.75) is 33.1 Å². The van der Waals surface area contributed by atoms with Crippen molar-refractivity contribution in [1.29, 1.82) is 0 Å². The fraction of sp³-hybridized carbons (Fsp3) is 0.778. The Morgan fingerprint density at radius 1 is 1.33 bits per heavy atom. The lowest BCUT2D eigenvalue weighted by Crippen LogP contribution is -2.49. The minimum atomic E-state index is -0.270. The van der Waals surface area contributed by atoms with Gasteiger partial charge in [0.1, 0.15) is 5.78 Å². The lowest BCUT2D eigenvalue weighted by molar-refractivity contribution is -0.138. The number of carbonyl (C=O) groups is 2. The largest absolute Gasteiger partial charge is 0.355 e. The van der Waals surface area contributed by atoms with Crippen molar-refractivity contribution in [3.05, 3.63) is 0 Å². The molecule has 0 unspecified atom stereocenters. The molecular weight excluding hydrogens is 154 g/mol. The van der Waals surface area contributed by atoms with Gasteiger partial charge in [-0.15, -0.1) is 0 Å². The molecule has 0 radical (unpaired) electrons. The second kappa shape index (κ2) is 3.25. The number of hydrogen-bond acceptors (Lipinski definition) is 2. The molecular formula is C9H15NO2. The number of nitrogens with one attached hydrogen (secondary N) is 1. The number of Topliss-reactive ketones (excluding diaryl/α,β-unsaturated/α-hetero) is 1. The highest BCUT2D eigenvalue weighted by atomic mass is 16.2. The van der Waals surface area contributed by atoms with Gasteiger partial charge in [-0.1, -0.05) is 13.8 Å². The van der Waals surface area contributed by atoms with Gasteiger partial charge < -0.3 is 5.32 Å². The number of amides is 1. The molecule has 0 spiro atoms. The minimum Gasteiger partial charge on any atom is -0.355 e. The molecule has 1 amide bonds. The van der Waals surface area contributed by atoms with Gasteiger partial charge in [-0.3, -0.25) is 9.59 Å². The van der Waals surface area contributed by atoms with Crippen molar-refractivity contribution in [2.24, 2.45) is 5.41 Å². The highest BCUT2D eigenvalue weighted by molar-refractivity contribution is 6.03. The summed E-state index contributed by atoms with van der Waals surface area (Å²) in [6.45, 7) is 4.52. The van der Waals surface area contributed by atoms with Gasteiger partial charge in [0.05, 0.1) is 6.42 Å². The van der Waals surface area contributed by atoms with Gasteiger partial charge in [0.25, 0.3) is 0 Å². The molecule has 1 rings (SSSR count). The fourth-order valence-corrected chi connectivity index (χ4v) is 1.66. The zero-order valence-electron chi connectivity index (χ0n) is 7.64. The lowest BCUT2D eigenvalue weighted by atomic mass is 9.75. The van der Waals surface area contributed by atoms with E-state index in [9.17, 15) is 9.59 Å². The predicted octanol–water partition coefficient (Wildman–Crippen LogP) is 0.882. The number of rotatable bonds is 2. The lowest BCUT2D eigenvalue weighted by Gasteiger charge is -2.33. The Hall–Kier alpha value is -0.860. The molecule has 3 heteroatoms. The van der Waals surface area contributed by atoms with Crippen LogP contribution in [0.1, 0.15) is 33.1 Å². The van der Waals surface area contributed by atoms with E-state index >= 15 is 0 Å². The van der Waals surface area contributed by atoms with Crippen molar-refractivity contribution in [3.63, 3.8) is 0 Å². The highest BCUT2D eigenvalue weighted by Gasteiger charge is 2.39. The molecule has 1 aliphatic rings. The maximum absolute atomic E-state index is 11.5. The summed E-state index contributed by atoms with van der Waals surface area (Å²) in [6, 6.07) is 0. The Morgan fingerprint density at radius 2 is 1.92 bits per heavy atom. The van der Waals surface area contributed by atoms with Crippen LogP contribution in [0, 0.1) is 5.41 Å². The third-order valence-electron chi connectivity index (χ3n) is 2.89. The third-order valence-corrected chi connectivity index (χ3v) is 2.89. The zero-order chi connectivity index (χ0) is 9.19. The van der Waals surface area contributed by atoms with Crippen LogP contribution in [0.2, 0.25) is 0 Å². The van der Waals surface area contributed by atoms with E-state index in [0.717, 1.165) is 12.8 Å². The van der Waals surface area contributed by atoms with E-state index in [1.165, 1.54) is 0 Å². The third kappa shape index (κ3) is 1.36. The van der Waals surface area contributed by atoms with E-state index in [1.807, 2.05) is 13.8 Å². The van der Waals surface area contributed by atoms with E-state index in [-0.39, 0.29) is 23.5 Å². The van der Waals surface area contributed by atoms with Crippen molar-refractivity contribution >= 4 is 11.7 Å². The molecule has 68 valence electrons. The van der Waals surface area contributed by atoms with Gasteiger partial charge in [-0.25, -0.2) is 0 Å². The van der Waals surface area contributed by atoms with E-state index in [1.54, 1.807) is 0 Å². The molecule has 1 saturated heterocycles. The van der Waals surface area contributed by atoms with Crippen LogP contribution in [0.4, 0.5) is 0 Å². The molecule has 1 N–H and O–H groups in total. The Morgan fingerprint density at radius 3 is 2.33 bits per heavy atom. The Kier molecular flexibility index (Phi) is 2.50. The highest BCUT2D eigenvalue weighted by Crippen LogP contribution is 2.30.